The zero-order valence-electron chi connectivity index (χ0n) is 15.9. The molecule has 0 aliphatic carbocycles. The second-order valence-corrected chi connectivity index (χ2v) is 9.91. The zero-order valence-corrected chi connectivity index (χ0v) is 18.2. The van der Waals surface area contributed by atoms with Crippen LogP contribution in [0, 0.1) is 12.7 Å². The molecule has 1 amide bonds. The topological polar surface area (TPSA) is 57.7 Å². The van der Waals surface area contributed by atoms with Gasteiger partial charge in [0.2, 0.25) is 0 Å². The van der Waals surface area contributed by atoms with Crippen molar-refractivity contribution in [2.45, 2.75) is 11.8 Å². The quantitative estimate of drug-likeness (QED) is 0.685. The molecule has 156 valence electrons. The highest BCUT2D eigenvalue weighted by Crippen LogP contribution is 2.26. The van der Waals surface area contributed by atoms with E-state index in [2.05, 4.69) is 0 Å². The molecule has 0 N–H and O–H groups in total. The van der Waals surface area contributed by atoms with Gasteiger partial charge in [-0.2, -0.15) is 0 Å². The average Bonchev–Trinajstić information content (AvgIpc) is 2.70. The van der Waals surface area contributed by atoms with Crippen LogP contribution in [-0.4, -0.2) is 62.6 Å². The molecule has 0 aromatic heterocycles. The highest BCUT2D eigenvalue weighted by molar-refractivity contribution is 7.91. The summed E-state index contributed by atoms with van der Waals surface area (Å²) in [6, 6.07) is 8.83. The monoisotopic (exact) mass is 458 g/mol. The van der Waals surface area contributed by atoms with E-state index in [0.717, 1.165) is 0 Å². The second kappa shape index (κ2) is 9.00. The number of sulfone groups is 1. The Morgan fingerprint density at radius 1 is 1.07 bits per heavy atom. The summed E-state index contributed by atoms with van der Waals surface area (Å²) < 4.78 is 38.9. The van der Waals surface area contributed by atoms with Gasteiger partial charge < -0.3 is 4.90 Å². The number of piperazine rings is 1. The summed E-state index contributed by atoms with van der Waals surface area (Å²) in [5, 5.41) is 0.461. The van der Waals surface area contributed by atoms with Crippen LogP contribution in [0.1, 0.15) is 15.9 Å². The highest BCUT2D eigenvalue weighted by atomic mass is 35.5. The number of nitrogens with zero attached hydrogens (tertiary/aromatic N) is 2. The van der Waals surface area contributed by atoms with E-state index >= 15 is 0 Å². The van der Waals surface area contributed by atoms with Crippen molar-refractivity contribution in [2.75, 3.05) is 38.5 Å². The molecule has 1 aliphatic heterocycles. The molecule has 0 spiro atoms. The van der Waals surface area contributed by atoms with Gasteiger partial charge in [0.05, 0.1) is 15.7 Å². The van der Waals surface area contributed by atoms with Gasteiger partial charge in [0, 0.05) is 43.3 Å². The molecule has 0 radical (unpaired) electrons. The molecule has 3 rings (SSSR count). The van der Waals surface area contributed by atoms with Crippen molar-refractivity contribution in [3.8, 4) is 0 Å². The number of carbonyl (C=O) groups is 1. The number of halogens is 3. The first kappa shape index (κ1) is 22.0. The average molecular weight is 459 g/mol. The van der Waals surface area contributed by atoms with Gasteiger partial charge in [0.25, 0.3) is 5.91 Å². The van der Waals surface area contributed by atoms with E-state index in [1.54, 1.807) is 30.0 Å². The molecular formula is C20H21Cl2FN2O3S. The number of amides is 1. The SMILES string of the molecule is Cc1ccc(C(=O)N2CCN(CCS(=O)(=O)c3cc(Cl)ccc3Cl)CC2)cc1F. The molecule has 0 saturated carbocycles. The van der Waals surface area contributed by atoms with E-state index in [0.29, 0.717) is 48.9 Å². The summed E-state index contributed by atoms with van der Waals surface area (Å²) in [6.45, 7) is 3.95. The van der Waals surface area contributed by atoms with Crippen LogP contribution >= 0.6 is 23.2 Å². The molecule has 2 aromatic rings. The van der Waals surface area contributed by atoms with E-state index in [1.807, 2.05) is 4.90 Å². The Morgan fingerprint density at radius 3 is 2.41 bits per heavy atom. The first-order chi connectivity index (χ1) is 13.7. The molecule has 5 nitrogen and oxygen atoms in total. The van der Waals surface area contributed by atoms with Crippen LogP contribution in [0.15, 0.2) is 41.3 Å². The summed E-state index contributed by atoms with van der Waals surface area (Å²) in [5.74, 6) is -0.717. The fraction of sp³-hybridized carbons (Fsp3) is 0.350. The van der Waals surface area contributed by atoms with Gasteiger partial charge in [0.1, 0.15) is 5.82 Å². The van der Waals surface area contributed by atoms with Crippen LogP contribution in [-0.2, 0) is 9.84 Å². The molecule has 0 atom stereocenters. The smallest absolute Gasteiger partial charge is 0.254 e. The Bertz CT molecular complexity index is 1020. The summed E-state index contributed by atoms with van der Waals surface area (Å²) in [5.41, 5.74) is 0.812. The lowest BCUT2D eigenvalue weighted by atomic mass is 10.1. The van der Waals surface area contributed by atoms with Crippen LogP contribution in [0.5, 0.6) is 0 Å². The number of rotatable bonds is 5. The zero-order chi connectivity index (χ0) is 21.2. The summed E-state index contributed by atoms with van der Waals surface area (Å²) in [4.78, 5) is 16.2. The number of carbonyl (C=O) groups excluding carboxylic acids is 1. The van der Waals surface area contributed by atoms with E-state index in [-0.39, 0.29) is 21.6 Å². The second-order valence-electron chi connectivity index (χ2n) is 6.99. The maximum atomic E-state index is 13.7. The minimum atomic E-state index is -3.57. The third-order valence-corrected chi connectivity index (χ3v) is 7.39. The summed E-state index contributed by atoms with van der Waals surface area (Å²) in [6.07, 6.45) is 0. The minimum absolute atomic E-state index is 0.0295. The Labute approximate surface area is 179 Å². The highest BCUT2D eigenvalue weighted by Gasteiger charge is 2.25. The standard InChI is InChI=1S/C20H21Cl2FN2O3S/c1-14-2-3-15(12-18(14)23)20(26)25-8-6-24(7-9-25)10-11-29(27,28)19-13-16(21)4-5-17(19)22/h2-5,12-13H,6-11H2,1H3. The molecule has 29 heavy (non-hydrogen) atoms. The molecule has 2 aromatic carbocycles. The summed E-state index contributed by atoms with van der Waals surface area (Å²) in [7, 11) is -3.57. The van der Waals surface area contributed by atoms with Gasteiger partial charge in [-0.05, 0) is 42.8 Å². The van der Waals surface area contributed by atoms with Crippen LogP contribution in [0.2, 0.25) is 10.0 Å². The molecule has 1 saturated heterocycles. The van der Waals surface area contributed by atoms with E-state index in [9.17, 15) is 17.6 Å². The van der Waals surface area contributed by atoms with Crippen molar-refractivity contribution < 1.29 is 17.6 Å². The first-order valence-corrected chi connectivity index (χ1v) is 11.5. The number of hydrogen-bond donors (Lipinski definition) is 0. The third-order valence-electron chi connectivity index (χ3n) is 4.98. The molecule has 1 aliphatic rings. The lowest BCUT2D eigenvalue weighted by Crippen LogP contribution is -2.49. The predicted molar refractivity (Wildman–Crippen MR) is 112 cm³/mol. The van der Waals surface area contributed by atoms with Crippen molar-refractivity contribution in [1.82, 2.24) is 9.80 Å². The van der Waals surface area contributed by atoms with Crippen LogP contribution in [0.3, 0.4) is 0 Å². The van der Waals surface area contributed by atoms with Gasteiger partial charge >= 0.3 is 0 Å². The van der Waals surface area contributed by atoms with E-state index < -0.39 is 15.7 Å². The van der Waals surface area contributed by atoms with Crippen molar-refractivity contribution in [2.24, 2.45) is 0 Å². The molecule has 1 fully saturated rings. The fourth-order valence-corrected chi connectivity index (χ4v) is 5.25. The van der Waals surface area contributed by atoms with Crippen LogP contribution in [0.25, 0.3) is 0 Å². The normalized spacial score (nSPS) is 15.5. The molecule has 0 unspecified atom stereocenters. The summed E-state index contributed by atoms with van der Waals surface area (Å²) >= 11 is 11.9. The van der Waals surface area contributed by atoms with Crippen LogP contribution < -0.4 is 0 Å². The molecule has 9 heteroatoms. The Balaban J connectivity index is 1.56. The minimum Gasteiger partial charge on any atom is -0.336 e. The van der Waals surface area contributed by atoms with Crippen molar-refractivity contribution >= 4 is 38.9 Å². The number of benzene rings is 2. The van der Waals surface area contributed by atoms with Crippen molar-refractivity contribution in [3.63, 3.8) is 0 Å². The van der Waals surface area contributed by atoms with E-state index in [1.165, 1.54) is 18.2 Å². The maximum absolute atomic E-state index is 13.7. The third kappa shape index (κ3) is 5.28. The Morgan fingerprint density at radius 2 is 1.76 bits per heavy atom. The van der Waals surface area contributed by atoms with Gasteiger partial charge in [-0.15, -0.1) is 0 Å². The van der Waals surface area contributed by atoms with E-state index in [4.69, 9.17) is 23.2 Å². The van der Waals surface area contributed by atoms with Gasteiger partial charge in [0.15, 0.2) is 9.84 Å². The lowest BCUT2D eigenvalue weighted by Gasteiger charge is -2.34. The van der Waals surface area contributed by atoms with Gasteiger partial charge in [-0.3, -0.25) is 9.69 Å². The van der Waals surface area contributed by atoms with Gasteiger partial charge in [-0.1, -0.05) is 29.3 Å². The molecule has 1 heterocycles. The first-order valence-electron chi connectivity index (χ1n) is 9.13. The number of aryl methyl sites for hydroxylation is 1. The van der Waals surface area contributed by atoms with Crippen molar-refractivity contribution in [3.05, 3.63) is 63.4 Å². The van der Waals surface area contributed by atoms with Crippen molar-refractivity contribution in [1.29, 1.82) is 0 Å². The number of hydrogen-bond acceptors (Lipinski definition) is 4. The molecule has 0 bridgehead atoms. The maximum Gasteiger partial charge on any atom is 0.254 e. The predicted octanol–water partition coefficient (Wildman–Crippen LogP) is 3.67. The van der Waals surface area contributed by atoms with Crippen LogP contribution in [0.4, 0.5) is 4.39 Å². The fourth-order valence-electron chi connectivity index (χ4n) is 3.16. The molecular weight excluding hydrogens is 438 g/mol. The lowest BCUT2D eigenvalue weighted by molar-refractivity contribution is 0.0643. The van der Waals surface area contributed by atoms with Gasteiger partial charge in [-0.25, -0.2) is 12.8 Å². The Hall–Kier alpha value is -1.67. The Kier molecular flexibility index (Phi) is 6.83. The largest absolute Gasteiger partial charge is 0.336 e.